The summed E-state index contributed by atoms with van der Waals surface area (Å²) in [5, 5.41) is 0. The Morgan fingerprint density at radius 1 is 0.842 bits per heavy atom. The molecule has 5 nitrogen and oxygen atoms in total. The molecule has 0 atom stereocenters. The molecule has 0 unspecified atom stereocenters. The number of carbonyl (C=O) groups excluding carboxylic acids is 1. The van der Waals surface area contributed by atoms with Crippen molar-refractivity contribution in [1.82, 2.24) is 9.80 Å². The summed E-state index contributed by atoms with van der Waals surface area (Å²) < 4.78 is 90.7. The first-order chi connectivity index (χ1) is 17.6. The van der Waals surface area contributed by atoms with Crippen LogP contribution in [0, 0.1) is 6.92 Å². The molecule has 2 aromatic rings. The molecule has 1 aliphatic heterocycles. The van der Waals surface area contributed by atoms with Gasteiger partial charge < -0.3 is 9.47 Å². The zero-order valence-corrected chi connectivity index (χ0v) is 21.8. The molecule has 3 rings (SSSR count). The van der Waals surface area contributed by atoms with Crippen LogP contribution < -0.4 is 4.74 Å². The molecule has 0 radical (unpaired) electrons. The topological polar surface area (TPSA) is 42.0 Å². The number of aryl methyl sites for hydroxylation is 1. The van der Waals surface area contributed by atoms with Crippen LogP contribution in [-0.4, -0.2) is 54.2 Å². The largest absolute Gasteiger partial charge is 0.475 e. The van der Waals surface area contributed by atoms with Gasteiger partial charge in [0.2, 0.25) is 0 Å². The van der Waals surface area contributed by atoms with Gasteiger partial charge in [-0.15, -0.1) is 0 Å². The monoisotopic (exact) mass is 546 g/mol. The molecular formula is C27H32F6N2O3. The molecule has 1 saturated heterocycles. The Morgan fingerprint density at radius 3 is 1.84 bits per heavy atom. The number of ether oxygens (including phenoxy) is 2. The third-order valence-corrected chi connectivity index (χ3v) is 6.32. The molecule has 0 bridgehead atoms. The maximum atomic E-state index is 14.0. The summed E-state index contributed by atoms with van der Waals surface area (Å²) >= 11 is 0. The van der Waals surface area contributed by atoms with Gasteiger partial charge in [0.05, 0.1) is 17.7 Å². The van der Waals surface area contributed by atoms with Crippen LogP contribution in [0.2, 0.25) is 0 Å². The zero-order chi connectivity index (χ0) is 28.3. The van der Waals surface area contributed by atoms with Gasteiger partial charge in [-0.1, -0.05) is 18.2 Å². The van der Waals surface area contributed by atoms with Crippen molar-refractivity contribution in [3.8, 4) is 5.75 Å². The molecule has 0 spiro atoms. The highest BCUT2D eigenvalue weighted by Crippen LogP contribution is 2.41. The molecule has 2 aromatic carbocycles. The normalized spacial score (nSPS) is 15.9. The number of hydrogen-bond acceptors (Lipinski definition) is 5. The smallest absolute Gasteiger partial charge is 0.419 e. The number of alkyl halides is 6. The van der Waals surface area contributed by atoms with E-state index >= 15 is 0 Å². The second-order valence-corrected chi connectivity index (χ2v) is 9.87. The van der Waals surface area contributed by atoms with Gasteiger partial charge in [0.25, 0.3) is 0 Å². The van der Waals surface area contributed by atoms with Gasteiger partial charge in [0.15, 0.2) is 5.60 Å². The Labute approximate surface area is 218 Å². The number of halogens is 6. The van der Waals surface area contributed by atoms with Crippen molar-refractivity contribution in [2.24, 2.45) is 0 Å². The van der Waals surface area contributed by atoms with E-state index in [1.54, 1.807) is 13.0 Å². The highest BCUT2D eigenvalue weighted by atomic mass is 19.4. The number of esters is 1. The van der Waals surface area contributed by atoms with Crippen molar-refractivity contribution in [3.05, 3.63) is 64.2 Å². The zero-order valence-electron chi connectivity index (χ0n) is 21.8. The van der Waals surface area contributed by atoms with E-state index in [0.29, 0.717) is 44.8 Å². The van der Waals surface area contributed by atoms with Crippen molar-refractivity contribution in [1.29, 1.82) is 0 Å². The van der Waals surface area contributed by atoms with Gasteiger partial charge in [-0.05, 0) is 62.6 Å². The highest BCUT2D eigenvalue weighted by molar-refractivity contribution is 5.79. The molecule has 1 heterocycles. The van der Waals surface area contributed by atoms with E-state index < -0.39 is 40.8 Å². The molecule has 1 fully saturated rings. The summed E-state index contributed by atoms with van der Waals surface area (Å²) in [6.07, 6.45) is -9.07. The van der Waals surface area contributed by atoms with Gasteiger partial charge in [-0.2, -0.15) is 26.3 Å². The fourth-order valence-corrected chi connectivity index (χ4v) is 4.31. The third kappa shape index (κ3) is 7.63. The maximum absolute atomic E-state index is 14.0. The number of piperazine rings is 1. The molecule has 0 aliphatic carbocycles. The summed E-state index contributed by atoms with van der Waals surface area (Å²) in [5.41, 5.74) is -1.77. The Bertz CT molecular complexity index is 1110. The number of nitrogens with zero attached hydrogens (tertiary/aromatic N) is 2. The predicted molar refractivity (Wildman–Crippen MR) is 130 cm³/mol. The number of benzene rings is 2. The van der Waals surface area contributed by atoms with Gasteiger partial charge in [-0.25, -0.2) is 4.79 Å². The number of rotatable bonds is 8. The lowest BCUT2D eigenvalue weighted by Crippen LogP contribution is -2.45. The van der Waals surface area contributed by atoms with Crippen LogP contribution in [0.4, 0.5) is 26.3 Å². The van der Waals surface area contributed by atoms with E-state index in [-0.39, 0.29) is 12.2 Å². The average molecular weight is 547 g/mol. The van der Waals surface area contributed by atoms with Gasteiger partial charge in [0, 0.05) is 39.3 Å². The summed E-state index contributed by atoms with van der Waals surface area (Å²) in [6, 6.07) is 7.73. The van der Waals surface area contributed by atoms with E-state index in [1.807, 2.05) is 4.90 Å². The van der Waals surface area contributed by atoms with Crippen LogP contribution >= 0.6 is 0 Å². The fraction of sp³-hybridized carbons (Fsp3) is 0.519. The molecule has 1 aliphatic rings. The van der Waals surface area contributed by atoms with Crippen molar-refractivity contribution in [3.63, 3.8) is 0 Å². The Hall–Kier alpha value is -2.79. The predicted octanol–water partition coefficient (Wildman–Crippen LogP) is 6.07. The van der Waals surface area contributed by atoms with E-state index in [4.69, 9.17) is 9.47 Å². The van der Waals surface area contributed by atoms with Crippen LogP contribution in [-0.2, 0) is 35.0 Å². The lowest BCUT2D eigenvalue weighted by atomic mass is 10.0. The second kappa shape index (κ2) is 11.5. The quantitative estimate of drug-likeness (QED) is 0.297. The second-order valence-electron chi connectivity index (χ2n) is 9.87. The first-order valence-corrected chi connectivity index (χ1v) is 12.3. The Kier molecular flexibility index (Phi) is 9.03. The van der Waals surface area contributed by atoms with Crippen LogP contribution in [0.1, 0.15) is 48.6 Å². The molecular weight excluding hydrogens is 514 g/mol. The summed E-state index contributed by atoms with van der Waals surface area (Å²) in [5.74, 6) is -1.16. The van der Waals surface area contributed by atoms with Crippen LogP contribution in [0.25, 0.3) is 0 Å². The minimum atomic E-state index is -4.69. The molecule has 0 saturated carbocycles. The average Bonchev–Trinajstić information content (AvgIpc) is 2.81. The molecule has 210 valence electrons. The van der Waals surface area contributed by atoms with Crippen LogP contribution in [0.3, 0.4) is 0 Å². The first-order valence-electron chi connectivity index (χ1n) is 12.3. The maximum Gasteiger partial charge on any atom is 0.419 e. The van der Waals surface area contributed by atoms with Gasteiger partial charge in [-0.3, -0.25) is 9.80 Å². The van der Waals surface area contributed by atoms with Crippen molar-refractivity contribution in [2.45, 2.75) is 58.7 Å². The van der Waals surface area contributed by atoms with Crippen LogP contribution in [0.5, 0.6) is 5.75 Å². The summed E-state index contributed by atoms with van der Waals surface area (Å²) in [7, 11) is 0. The summed E-state index contributed by atoms with van der Waals surface area (Å²) in [4.78, 5) is 16.3. The SMILES string of the molecule is CCOC(=O)C(C)(C)Oc1c(C)cc(CN2CCN(Cc3ccc(C(F)(F)F)cc3)CC2)cc1C(F)(F)F. The van der Waals surface area contributed by atoms with E-state index in [0.717, 1.165) is 23.8 Å². The van der Waals surface area contributed by atoms with Gasteiger partial charge in [0.1, 0.15) is 5.75 Å². The molecule has 0 aromatic heterocycles. The minimum Gasteiger partial charge on any atom is -0.475 e. The van der Waals surface area contributed by atoms with E-state index in [9.17, 15) is 31.1 Å². The fourth-order valence-electron chi connectivity index (χ4n) is 4.31. The van der Waals surface area contributed by atoms with Gasteiger partial charge >= 0.3 is 18.3 Å². The Morgan fingerprint density at radius 2 is 1.37 bits per heavy atom. The minimum absolute atomic E-state index is 0.0767. The number of carbonyl (C=O) groups is 1. The summed E-state index contributed by atoms with van der Waals surface area (Å²) in [6.45, 7) is 9.14. The van der Waals surface area contributed by atoms with Crippen LogP contribution in [0.15, 0.2) is 36.4 Å². The van der Waals surface area contributed by atoms with Crippen molar-refractivity contribution < 1.29 is 40.6 Å². The first kappa shape index (κ1) is 29.8. The number of hydrogen-bond donors (Lipinski definition) is 0. The Balaban J connectivity index is 1.66. The molecule has 11 heteroatoms. The lowest BCUT2D eigenvalue weighted by Gasteiger charge is -2.35. The third-order valence-electron chi connectivity index (χ3n) is 6.32. The van der Waals surface area contributed by atoms with Crippen molar-refractivity contribution >= 4 is 5.97 Å². The molecule has 0 N–H and O–H groups in total. The molecule has 38 heavy (non-hydrogen) atoms. The molecule has 0 amide bonds. The highest BCUT2D eigenvalue weighted by Gasteiger charge is 2.40. The standard InChI is InChI=1S/C27H32F6N2O3/c1-5-37-24(36)25(3,4)38-23-18(2)14-20(15-22(23)27(31,32)33)17-35-12-10-34(11-13-35)16-19-6-8-21(9-7-19)26(28,29)30/h6-9,14-15H,5,10-13,16-17H2,1-4H3. The van der Waals surface area contributed by atoms with Crippen molar-refractivity contribution in [2.75, 3.05) is 32.8 Å². The lowest BCUT2D eigenvalue weighted by molar-refractivity contribution is -0.160. The van der Waals surface area contributed by atoms with E-state index in [2.05, 4.69) is 4.90 Å². The van der Waals surface area contributed by atoms with E-state index in [1.165, 1.54) is 32.9 Å².